The van der Waals surface area contributed by atoms with Gasteiger partial charge in [0, 0.05) is 21.7 Å². The molecule has 0 aromatic heterocycles. The summed E-state index contributed by atoms with van der Waals surface area (Å²) >= 11 is 1.98. The number of nitro benzene ring substituents is 1. The van der Waals surface area contributed by atoms with Crippen LogP contribution in [-0.4, -0.2) is 16.6 Å². The van der Waals surface area contributed by atoms with E-state index in [2.05, 4.69) is 5.32 Å². The topological polar surface area (TPSA) is 75.4 Å². The fourth-order valence-electron chi connectivity index (χ4n) is 1.87. The molecule has 0 radical (unpaired) electrons. The van der Waals surface area contributed by atoms with Gasteiger partial charge in [0.25, 0.3) is 5.69 Å². The summed E-state index contributed by atoms with van der Waals surface area (Å²) < 4.78 is 14.3. The number of hydrogen-bond donors (Lipinski definition) is 2. The van der Waals surface area contributed by atoms with Crippen LogP contribution in [-0.2, 0) is 0 Å². The van der Waals surface area contributed by atoms with Crippen LogP contribution in [0.2, 0.25) is 0 Å². The van der Waals surface area contributed by atoms with Crippen molar-refractivity contribution >= 4 is 34.0 Å². The van der Waals surface area contributed by atoms with E-state index in [9.17, 15) is 19.6 Å². The third-order valence-electron chi connectivity index (χ3n) is 2.91. The largest absolute Gasteiger partial charge is 0.386 e. The number of aliphatic hydroxyl groups excluding tert-OH is 1. The molecule has 2 aromatic carbocycles. The van der Waals surface area contributed by atoms with Crippen molar-refractivity contribution in [2.75, 3.05) is 11.9 Å². The van der Waals surface area contributed by atoms with Gasteiger partial charge < -0.3 is 10.4 Å². The molecule has 0 amide bonds. The van der Waals surface area contributed by atoms with Gasteiger partial charge in [-0.2, -0.15) is 0 Å². The molecule has 0 heterocycles. The maximum atomic E-state index is 13.5. The van der Waals surface area contributed by atoms with Crippen molar-refractivity contribution in [2.45, 2.75) is 6.10 Å². The first kappa shape index (κ1) is 15.6. The fraction of sp³-hybridized carbons (Fsp3) is 0.143. The van der Waals surface area contributed by atoms with E-state index in [1.807, 2.05) is 22.6 Å². The van der Waals surface area contributed by atoms with Crippen LogP contribution in [0.5, 0.6) is 0 Å². The Kier molecular flexibility index (Phi) is 5.07. The Morgan fingerprint density at radius 3 is 2.71 bits per heavy atom. The first-order valence-electron chi connectivity index (χ1n) is 6.09. The van der Waals surface area contributed by atoms with Crippen LogP contribution in [0.4, 0.5) is 15.8 Å². The molecular weight excluding hydrogens is 390 g/mol. The summed E-state index contributed by atoms with van der Waals surface area (Å²) in [6.07, 6.45) is -1.09. The van der Waals surface area contributed by atoms with E-state index >= 15 is 0 Å². The van der Waals surface area contributed by atoms with E-state index in [1.165, 1.54) is 24.3 Å². The van der Waals surface area contributed by atoms with E-state index in [1.54, 1.807) is 18.2 Å². The Bertz CT molecular complexity index is 666. The summed E-state index contributed by atoms with van der Waals surface area (Å²) in [6.45, 7) is -0.0254. The Hall–Kier alpha value is -1.74. The normalized spacial score (nSPS) is 12.0. The van der Waals surface area contributed by atoms with Crippen LogP contribution in [0.1, 0.15) is 11.7 Å². The number of aliphatic hydroxyl groups is 1. The highest BCUT2D eigenvalue weighted by Crippen LogP contribution is 2.27. The van der Waals surface area contributed by atoms with Gasteiger partial charge in [-0.25, -0.2) is 4.39 Å². The molecule has 0 bridgehead atoms. The monoisotopic (exact) mass is 402 g/mol. The number of rotatable bonds is 5. The Balaban J connectivity index is 2.13. The third kappa shape index (κ3) is 3.88. The molecule has 2 N–H and O–H groups in total. The van der Waals surface area contributed by atoms with E-state index < -0.39 is 16.8 Å². The van der Waals surface area contributed by atoms with Gasteiger partial charge in [-0.05, 0) is 40.8 Å². The van der Waals surface area contributed by atoms with Crippen LogP contribution in [0, 0.1) is 19.5 Å². The highest BCUT2D eigenvalue weighted by atomic mass is 127. The third-order valence-corrected chi connectivity index (χ3v) is 3.58. The molecule has 1 unspecified atom stereocenters. The minimum atomic E-state index is -1.09. The van der Waals surface area contributed by atoms with Crippen molar-refractivity contribution in [1.82, 2.24) is 0 Å². The zero-order valence-corrected chi connectivity index (χ0v) is 13.0. The number of nitro groups is 1. The van der Waals surface area contributed by atoms with E-state index in [-0.39, 0.29) is 23.5 Å². The molecule has 0 saturated heterocycles. The quantitative estimate of drug-likeness (QED) is 0.456. The Morgan fingerprint density at radius 1 is 1.33 bits per heavy atom. The molecular formula is C14H12FIN2O3. The second-order valence-electron chi connectivity index (χ2n) is 4.34. The molecule has 21 heavy (non-hydrogen) atoms. The molecule has 7 heteroatoms. The lowest BCUT2D eigenvalue weighted by atomic mass is 10.1. The van der Waals surface area contributed by atoms with Crippen molar-refractivity contribution in [3.8, 4) is 0 Å². The maximum Gasteiger partial charge on any atom is 0.293 e. The minimum Gasteiger partial charge on any atom is -0.386 e. The average molecular weight is 402 g/mol. The minimum absolute atomic E-state index is 0.0254. The van der Waals surface area contributed by atoms with Crippen LogP contribution >= 0.6 is 22.6 Å². The van der Waals surface area contributed by atoms with E-state index in [0.717, 1.165) is 3.57 Å². The summed E-state index contributed by atoms with van der Waals surface area (Å²) in [4.78, 5) is 10.5. The summed E-state index contributed by atoms with van der Waals surface area (Å²) in [5, 5.41) is 23.7. The van der Waals surface area contributed by atoms with E-state index in [4.69, 9.17) is 0 Å². The molecule has 5 nitrogen and oxygen atoms in total. The molecule has 110 valence electrons. The first-order valence-corrected chi connectivity index (χ1v) is 7.17. The van der Waals surface area contributed by atoms with E-state index in [0.29, 0.717) is 0 Å². The van der Waals surface area contributed by atoms with Gasteiger partial charge >= 0.3 is 0 Å². The van der Waals surface area contributed by atoms with Crippen LogP contribution in [0.15, 0.2) is 42.5 Å². The predicted octanol–water partition coefficient (Wildman–Crippen LogP) is 3.48. The number of benzene rings is 2. The highest BCUT2D eigenvalue weighted by molar-refractivity contribution is 14.1. The smallest absolute Gasteiger partial charge is 0.293 e. The zero-order chi connectivity index (χ0) is 15.4. The number of hydrogen-bond acceptors (Lipinski definition) is 4. The predicted molar refractivity (Wildman–Crippen MR) is 85.7 cm³/mol. The molecule has 0 aliphatic carbocycles. The lowest BCUT2D eigenvalue weighted by Gasteiger charge is -2.14. The maximum absolute atomic E-state index is 13.5. The average Bonchev–Trinajstić information content (AvgIpc) is 2.46. The lowest BCUT2D eigenvalue weighted by molar-refractivity contribution is -0.384. The number of nitrogens with one attached hydrogen (secondary N) is 1. The van der Waals surface area contributed by atoms with Crippen molar-refractivity contribution in [3.63, 3.8) is 0 Å². The molecule has 0 aliphatic rings. The Morgan fingerprint density at radius 2 is 2.05 bits per heavy atom. The summed E-state index contributed by atoms with van der Waals surface area (Å²) in [5.41, 5.74) is 0.358. The number of halogens is 2. The van der Waals surface area contributed by atoms with Crippen LogP contribution in [0.25, 0.3) is 0 Å². The summed E-state index contributed by atoms with van der Waals surface area (Å²) in [6, 6.07) is 10.6. The molecule has 1 atom stereocenters. The summed E-state index contributed by atoms with van der Waals surface area (Å²) in [5.74, 6) is -0.510. The number of anilines is 1. The molecule has 0 spiro atoms. The van der Waals surface area contributed by atoms with Gasteiger partial charge in [-0.15, -0.1) is 0 Å². The zero-order valence-electron chi connectivity index (χ0n) is 10.8. The molecule has 0 saturated carbocycles. The van der Waals surface area contributed by atoms with Gasteiger partial charge in [0.05, 0.1) is 11.0 Å². The van der Waals surface area contributed by atoms with Crippen molar-refractivity contribution in [2.24, 2.45) is 0 Å². The van der Waals surface area contributed by atoms with Gasteiger partial charge in [0.2, 0.25) is 0 Å². The van der Waals surface area contributed by atoms with Gasteiger partial charge in [-0.3, -0.25) is 10.1 Å². The SMILES string of the molecule is O=[N+]([O-])c1cc(I)ccc1NCC(O)c1ccccc1F. The van der Waals surface area contributed by atoms with Gasteiger partial charge in [-0.1, -0.05) is 18.2 Å². The van der Waals surface area contributed by atoms with Crippen molar-refractivity contribution in [3.05, 3.63) is 67.5 Å². The van der Waals surface area contributed by atoms with Crippen molar-refractivity contribution in [1.29, 1.82) is 0 Å². The van der Waals surface area contributed by atoms with Crippen LogP contribution < -0.4 is 5.32 Å². The molecule has 0 aliphatic heterocycles. The van der Waals surface area contributed by atoms with Gasteiger partial charge in [0.15, 0.2) is 0 Å². The lowest BCUT2D eigenvalue weighted by Crippen LogP contribution is -2.14. The summed E-state index contributed by atoms with van der Waals surface area (Å²) in [7, 11) is 0. The second-order valence-corrected chi connectivity index (χ2v) is 5.58. The van der Waals surface area contributed by atoms with Crippen molar-refractivity contribution < 1.29 is 14.4 Å². The number of nitrogens with zero attached hydrogens (tertiary/aromatic N) is 1. The Labute approximate surface area is 134 Å². The second kappa shape index (κ2) is 6.81. The first-order chi connectivity index (χ1) is 9.99. The molecule has 2 rings (SSSR count). The van der Waals surface area contributed by atoms with Gasteiger partial charge in [0.1, 0.15) is 11.5 Å². The molecule has 2 aromatic rings. The van der Waals surface area contributed by atoms with Crippen LogP contribution in [0.3, 0.4) is 0 Å². The molecule has 0 fully saturated rings. The highest BCUT2D eigenvalue weighted by Gasteiger charge is 2.17. The fourth-order valence-corrected chi connectivity index (χ4v) is 2.34. The standard InChI is InChI=1S/C14H12FIN2O3/c15-11-4-2-1-3-10(11)14(19)8-17-12-6-5-9(16)7-13(12)18(20)21/h1-7,14,17,19H,8H2.